The summed E-state index contributed by atoms with van der Waals surface area (Å²) in [5.74, 6) is 0.624. The first-order valence-corrected chi connectivity index (χ1v) is 4.95. The van der Waals surface area contributed by atoms with E-state index < -0.39 is 0 Å². The minimum absolute atomic E-state index is 0. The molecule has 5 N–H and O–H groups in total. The van der Waals surface area contributed by atoms with Crippen molar-refractivity contribution < 1.29 is 0 Å². The predicted octanol–water partition coefficient (Wildman–Crippen LogP) is 1.69. The smallest absolute Gasteiger partial charge is 0.185 e. The molecule has 0 saturated heterocycles. The first-order chi connectivity index (χ1) is 7.09. The molecule has 8 heteroatoms. The van der Waals surface area contributed by atoms with Gasteiger partial charge < -0.3 is 16.8 Å². The molecule has 1 aromatic rings. The number of nitrogens with one attached hydrogen (secondary N) is 1. The second kappa shape index (κ2) is 7.75. The lowest BCUT2D eigenvalue weighted by Gasteiger charge is -2.05. The van der Waals surface area contributed by atoms with E-state index in [2.05, 4.69) is 15.3 Å². The summed E-state index contributed by atoms with van der Waals surface area (Å²) < 4.78 is 0. The predicted molar refractivity (Wildman–Crippen MR) is 78.8 cm³/mol. The Morgan fingerprint density at radius 1 is 1.44 bits per heavy atom. The van der Waals surface area contributed by atoms with E-state index in [1.54, 1.807) is 6.07 Å². The van der Waals surface area contributed by atoms with Crippen LogP contribution in [0.4, 0.5) is 5.82 Å². The van der Waals surface area contributed by atoms with Crippen LogP contribution in [0.5, 0.6) is 0 Å². The number of guanidine groups is 1. The van der Waals surface area contributed by atoms with Crippen molar-refractivity contribution in [2.45, 2.75) is 0 Å². The van der Waals surface area contributed by atoms with Crippen LogP contribution in [-0.2, 0) is 0 Å². The lowest BCUT2D eigenvalue weighted by atomic mass is 10.4. The molecule has 1 heterocycles. The monoisotopic (exact) mass is 375 g/mol. The highest BCUT2D eigenvalue weighted by Gasteiger charge is 2.01. The summed E-state index contributed by atoms with van der Waals surface area (Å²) in [5, 5.41) is 3.94. The first kappa shape index (κ1) is 15.5. The van der Waals surface area contributed by atoms with Crippen molar-refractivity contribution >= 4 is 59.0 Å². The maximum atomic E-state index is 5.88. The Bertz CT molecular complexity index is 367. The average Bonchev–Trinajstić information content (AvgIpc) is 2.14. The van der Waals surface area contributed by atoms with Crippen molar-refractivity contribution in [2.75, 3.05) is 18.4 Å². The molecule has 0 bridgehead atoms. The van der Waals surface area contributed by atoms with E-state index in [0.717, 1.165) is 0 Å². The number of aliphatic imine (C=N–C) groups is 1. The summed E-state index contributed by atoms with van der Waals surface area (Å²) in [4.78, 5) is 7.81. The van der Waals surface area contributed by atoms with Crippen LogP contribution < -0.4 is 16.8 Å². The molecule has 0 unspecified atom stereocenters. The number of rotatable bonds is 4. The van der Waals surface area contributed by atoms with Gasteiger partial charge in [0.1, 0.15) is 5.82 Å². The Morgan fingerprint density at radius 3 is 2.69 bits per heavy atom. The Kier molecular flexibility index (Phi) is 7.52. The summed E-state index contributed by atoms with van der Waals surface area (Å²) in [6.07, 6.45) is 1.51. The molecule has 16 heavy (non-hydrogen) atoms. The Balaban J connectivity index is 0.00000225. The number of aromatic nitrogens is 1. The number of hydrogen-bond acceptors (Lipinski definition) is 3. The van der Waals surface area contributed by atoms with Crippen LogP contribution in [0.15, 0.2) is 17.3 Å². The third-order valence-corrected chi connectivity index (χ3v) is 2.00. The molecule has 0 aromatic carbocycles. The molecule has 1 rings (SSSR count). The molecule has 0 saturated carbocycles. The SMILES string of the molecule is I.NC(N)=NCCNc1ncc(Cl)cc1Cl. The van der Waals surface area contributed by atoms with Crippen molar-refractivity contribution in [3.05, 3.63) is 22.3 Å². The van der Waals surface area contributed by atoms with Crippen molar-refractivity contribution in [3.63, 3.8) is 0 Å². The van der Waals surface area contributed by atoms with Gasteiger partial charge in [0.05, 0.1) is 16.6 Å². The van der Waals surface area contributed by atoms with Gasteiger partial charge in [0.15, 0.2) is 5.96 Å². The topological polar surface area (TPSA) is 89.3 Å². The number of hydrogen-bond donors (Lipinski definition) is 3. The van der Waals surface area contributed by atoms with Crippen LogP contribution in [0.3, 0.4) is 0 Å². The van der Waals surface area contributed by atoms with E-state index in [4.69, 9.17) is 34.7 Å². The number of nitrogens with two attached hydrogens (primary N) is 2. The standard InChI is InChI=1S/C8H11Cl2N5.HI/c9-5-3-6(10)7(15-4-5)13-1-2-14-8(11)12;/h3-4H,1-2H2,(H,13,15)(H4,11,12,14);1H. The number of nitrogens with zero attached hydrogens (tertiary/aromatic N) is 2. The lowest BCUT2D eigenvalue weighted by Crippen LogP contribution is -2.24. The zero-order valence-electron chi connectivity index (χ0n) is 8.28. The van der Waals surface area contributed by atoms with Gasteiger partial charge in [-0.1, -0.05) is 23.2 Å². The van der Waals surface area contributed by atoms with Gasteiger partial charge in [-0.05, 0) is 6.07 Å². The van der Waals surface area contributed by atoms with E-state index in [9.17, 15) is 0 Å². The van der Waals surface area contributed by atoms with Gasteiger partial charge in [-0.2, -0.15) is 0 Å². The molecule has 0 fully saturated rings. The Labute approximate surface area is 121 Å². The molecule has 5 nitrogen and oxygen atoms in total. The van der Waals surface area contributed by atoms with Crippen molar-refractivity contribution in [1.29, 1.82) is 0 Å². The summed E-state index contributed by atoms with van der Waals surface area (Å²) in [5.41, 5.74) is 10.3. The quantitative estimate of drug-likeness (QED) is 0.323. The van der Waals surface area contributed by atoms with Gasteiger partial charge in [0.25, 0.3) is 0 Å². The van der Waals surface area contributed by atoms with Crippen LogP contribution in [0.25, 0.3) is 0 Å². The van der Waals surface area contributed by atoms with E-state index in [-0.39, 0.29) is 29.9 Å². The molecule has 0 spiro atoms. The van der Waals surface area contributed by atoms with Crippen LogP contribution in [0.1, 0.15) is 0 Å². The summed E-state index contributed by atoms with van der Waals surface area (Å²) in [6.45, 7) is 1.01. The molecule has 0 aliphatic rings. The largest absolute Gasteiger partial charge is 0.370 e. The zero-order valence-corrected chi connectivity index (χ0v) is 12.1. The summed E-state index contributed by atoms with van der Waals surface area (Å²) in [7, 11) is 0. The molecule has 0 aliphatic carbocycles. The maximum absolute atomic E-state index is 5.88. The number of halogens is 3. The van der Waals surface area contributed by atoms with Gasteiger partial charge >= 0.3 is 0 Å². The number of pyridine rings is 1. The summed E-state index contributed by atoms with van der Waals surface area (Å²) >= 11 is 11.6. The van der Waals surface area contributed by atoms with E-state index in [1.807, 2.05) is 0 Å². The van der Waals surface area contributed by atoms with E-state index in [0.29, 0.717) is 29.0 Å². The molecule has 0 aliphatic heterocycles. The molecule has 0 atom stereocenters. The third-order valence-electron chi connectivity index (χ3n) is 1.51. The molecular weight excluding hydrogens is 364 g/mol. The van der Waals surface area contributed by atoms with Crippen LogP contribution in [0.2, 0.25) is 10.0 Å². The van der Waals surface area contributed by atoms with Crippen molar-refractivity contribution in [1.82, 2.24) is 4.98 Å². The van der Waals surface area contributed by atoms with E-state index >= 15 is 0 Å². The fraction of sp³-hybridized carbons (Fsp3) is 0.250. The highest BCUT2D eigenvalue weighted by molar-refractivity contribution is 14.0. The molecule has 1 aromatic heterocycles. The van der Waals surface area contributed by atoms with Gasteiger partial charge in [0, 0.05) is 12.7 Å². The fourth-order valence-electron chi connectivity index (χ4n) is 0.904. The van der Waals surface area contributed by atoms with Gasteiger partial charge in [-0.25, -0.2) is 4.98 Å². The molecular formula is C8H12Cl2IN5. The number of anilines is 1. The molecule has 0 radical (unpaired) electrons. The lowest BCUT2D eigenvalue weighted by molar-refractivity contribution is 1.00. The van der Waals surface area contributed by atoms with E-state index in [1.165, 1.54) is 6.20 Å². The maximum Gasteiger partial charge on any atom is 0.185 e. The van der Waals surface area contributed by atoms with Gasteiger partial charge in [-0.15, -0.1) is 24.0 Å². The van der Waals surface area contributed by atoms with Gasteiger partial charge in [-0.3, -0.25) is 4.99 Å². The summed E-state index contributed by atoms with van der Waals surface area (Å²) in [6, 6.07) is 1.61. The second-order valence-electron chi connectivity index (χ2n) is 2.72. The Morgan fingerprint density at radius 2 is 2.12 bits per heavy atom. The minimum Gasteiger partial charge on any atom is -0.370 e. The van der Waals surface area contributed by atoms with Crippen molar-refractivity contribution in [2.24, 2.45) is 16.5 Å². The minimum atomic E-state index is 0. The average molecular weight is 376 g/mol. The highest BCUT2D eigenvalue weighted by Crippen LogP contribution is 2.21. The fourth-order valence-corrected chi connectivity index (χ4v) is 1.35. The highest BCUT2D eigenvalue weighted by atomic mass is 127. The zero-order chi connectivity index (χ0) is 11.3. The first-order valence-electron chi connectivity index (χ1n) is 4.20. The van der Waals surface area contributed by atoms with Crippen LogP contribution in [0, 0.1) is 0 Å². The Hall–Kier alpha value is -0.470. The third kappa shape index (κ3) is 5.57. The van der Waals surface area contributed by atoms with Crippen molar-refractivity contribution in [3.8, 4) is 0 Å². The second-order valence-corrected chi connectivity index (χ2v) is 3.56. The normalized spacial score (nSPS) is 9.12. The van der Waals surface area contributed by atoms with Gasteiger partial charge in [0.2, 0.25) is 0 Å². The van der Waals surface area contributed by atoms with Crippen LogP contribution >= 0.6 is 47.2 Å². The van der Waals surface area contributed by atoms with Crippen LogP contribution in [-0.4, -0.2) is 24.0 Å². The molecule has 0 amide bonds. The molecule has 90 valence electrons.